The minimum atomic E-state index is -0.237. The number of fused-ring (bicyclic) bond motifs is 1. The minimum Gasteiger partial charge on any atom is -0.340 e. The van der Waals surface area contributed by atoms with Crippen molar-refractivity contribution in [2.45, 2.75) is 45.8 Å². The van der Waals surface area contributed by atoms with Crippen LogP contribution in [0.5, 0.6) is 0 Å². The first-order valence-electron chi connectivity index (χ1n) is 10.8. The zero-order chi connectivity index (χ0) is 21.8. The van der Waals surface area contributed by atoms with Crippen molar-refractivity contribution >= 4 is 23.0 Å². The Balaban J connectivity index is 1.36. The number of aromatic nitrogens is 2. The van der Waals surface area contributed by atoms with Crippen LogP contribution in [0.4, 0.5) is 4.79 Å². The van der Waals surface area contributed by atoms with Crippen LogP contribution in [0.25, 0.3) is 11.0 Å². The molecule has 3 aromatic rings. The predicted molar refractivity (Wildman–Crippen MR) is 120 cm³/mol. The van der Waals surface area contributed by atoms with E-state index in [4.69, 9.17) is 0 Å². The average Bonchev–Trinajstić information content (AvgIpc) is 3.36. The Kier molecular flexibility index (Phi) is 6.21. The second kappa shape index (κ2) is 9.20. The lowest BCUT2D eigenvalue weighted by atomic mass is 10.0. The molecule has 1 aliphatic rings. The molecule has 0 radical (unpaired) electrons. The highest BCUT2D eigenvalue weighted by Gasteiger charge is 2.22. The highest BCUT2D eigenvalue weighted by molar-refractivity contribution is 5.78. The Morgan fingerprint density at radius 3 is 2.71 bits per heavy atom. The summed E-state index contributed by atoms with van der Waals surface area (Å²) in [6, 6.07) is 15.4. The SMILES string of the molecule is CC(C)C(NC(=O)NCc1cccc(CN2CCCC2=O)c1)c1nc2ccccc2[nH]1. The number of amides is 3. The maximum absolute atomic E-state index is 12.6. The lowest BCUT2D eigenvalue weighted by molar-refractivity contribution is -0.128. The standard InChI is InChI=1S/C24H29N5O2/c1-16(2)22(23-26-19-9-3-4-10-20(19)27-23)28-24(31)25-14-17-7-5-8-18(13-17)15-29-12-6-11-21(29)30/h3-5,7-10,13,16,22H,6,11-12,14-15H2,1-2H3,(H,26,27)(H2,25,28,31). The number of hydrogen-bond donors (Lipinski definition) is 3. The van der Waals surface area contributed by atoms with Gasteiger partial charge in [-0.05, 0) is 35.6 Å². The van der Waals surface area contributed by atoms with E-state index in [1.165, 1.54) is 0 Å². The van der Waals surface area contributed by atoms with E-state index in [-0.39, 0.29) is 23.9 Å². The lowest BCUT2D eigenvalue weighted by Crippen LogP contribution is -2.39. The normalized spacial score (nSPS) is 14.9. The van der Waals surface area contributed by atoms with Gasteiger partial charge in [0.2, 0.25) is 5.91 Å². The molecular weight excluding hydrogens is 390 g/mol. The molecule has 1 aromatic heterocycles. The van der Waals surface area contributed by atoms with Crippen molar-refractivity contribution in [3.05, 3.63) is 65.5 Å². The van der Waals surface area contributed by atoms with E-state index in [9.17, 15) is 9.59 Å². The third-order valence-electron chi connectivity index (χ3n) is 5.64. The van der Waals surface area contributed by atoms with Crippen molar-refractivity contribution in [1.29, 1.82) is 0 Å². The number of urea groups is 1. The molecule has 2 heterocycles. The summed E-state index contributed by atoms with van der Waals surface area (Å²) in [6.45, 7) is 5.98. The van der Waals surface area contributed by atoms with Gasteiger partial charge in [0.1, 0.15) is 5.82 Å². The van der Waals surface area contributed by atoms with E-state index in [0.29, 0.717) is 19.5 Å². The van der Waals surface area contributed by atoms with Crippen LogP contribution in [-0.4, -0.2) is 33.4 Å². The molecule has 0 bridgehead atoms. The number of likely N-dealkylation sites (tertiary alicyclic amines) is 1. The average molecular weight is 420 g/mol. The Morgan fingerprint density at radius 2 is 1.97 bits per heavy atom. The van der Waals surface area contributed by atoms with Gasteiger partial charge in [0.05, 0.1) is 17.1 Å². The van der Waals surface area contributed by atoms with Gasteiger partial charge in [-0.15, -0.1) is 0 Å². The quantitative estimate of drug-likeness (QED) is 0.543. The first kappa shape index (κ1) is 20.9. The molecule has 7 heteroatoms. The van der Waals surface area contributed by atoms with Gasteiger partial charge in [-0.3, -0.25) is 4.79 Å². The highest BCUT2D eigenvalue weighted by atomic mass is 16.2. The smallest absolute Gasteiger partial charge is 0.315 e. The van der Waals surface area contributed by atoms with Crippen molar-refractivity contribution in [2.24, 2.45) is 5.92 Å². The maximum atomic E-state index is 12.6. The summed E-state index contributed by atoms with van der Waals surface area (Å²) < 4.78 is 0. The van der Waals surface area contributed by atoms with Gasteiger partial charge < -0.3 is 20.5 Å². The molecule has 7 nitrogen and oxygen atoms in total. The van der Waals surface area contributed by atoms with Crippen LogP contribution in [-0.2, 0) is 17.9 Å². The summed E-state index contributed by atoms with van der Waals surface area (Å²) >= 11 is 0. The molecule has 3 amide bonds. The summed E-state index contributed by atoms with van der Waals surface area (Å²) in [6.07, 6.45) is 1.58. The van der Waals surface area contributed by atoms with Gasteiger partial charge in [0.25, 0.3) is 0 Å². The molecule has 162 valence electrons. The number of nitrogens with one attached hydrogen (secondary N) is 3. The topological polar surface area (TPSA) is 90.1 Å². The number of hydrogen-bond acceptors (Lipinski definition) is 3. The van der Waals surface area contributed by atoms with Crippen LogP contribution >= 0.6 is 0 Å². The monoisotopic (exact) mass is 419 g/mol. The Labute approximate surface area is 182 Å². The number of para-hydroxylation sites is 2. The molecule has 1 fully saturated rings. The van der Waals surface area contributed by atoms with Crippen LogP contribution in [0.3, 0.4) is 0 Å². The maximum Gasteiger partial charge on any atom is 0.315 e. The predicted octanol–water partition coefficient (Wildman–Crippen LogP) is 3.88. The highest BCUT2D eigenvalue weighted by Crippen LogP contribution is 2.22. The summed E-state index contributed by atoms with van der Waals surface area (Å²) in [5.41, 5.74) is 3.93. The van der Waals surface area contributed by atoms with E-state index >= 15 is 0 Å². The molecule has 1 saturated heterocycles. The number of imidazole rings is 1. The molecule has 2 aromatic carbocycles. The van der Waals surface area contributed by atoms with E-state index in [2.05, 4.69) is 34.4 Å². The summed E-state index contributed by atoms with van der Waals surface area (Å²) in [4.78, 5) is 34.3. The van der Waals surface area contributed by atoms with E-state index in [0.717, 1.165) is 41.0 Å². The first-order valence-corrected chi connectivity index (χ1v) is 10.8. The van der Waals surface area contributed by atoms with Gasteiger partial charge in [0.15, 0.2) is 0 Å². The van der Waals surface area contributed by atoms with Gasteiger partial charge in [0, 0.05) is 26.1 Å². The van der Waals surface area contributed by atoms with Crippen LogP contribution in [0, 0.1) is 5.92 Å². The van der Waals surface area contributed by atoms with Gasteiger partial charge >= 0.3 is 6.03 Å². The number of nitrogens with zero attached hydrogens (tertiary/aromatic N) is 2. The van der Waals surface area contributed by atoms with Gasteiger partial charge in [-0.1, -0.05) is 50.2 Å². The number of rotatable bonds is 7. The van der Waals surface area contributed by atoms with Crippen molar-refractivity contribution in [2.75, 3.05) is 6.54 Å². The van der Waals surface area contributed by atoms with Gasteiger partial charge in [-0.25, -0.2) is 9.78 Å². The van der Waals surface area contributed by atoms with Crippen LogP contribution in [0.2, 0.25) is 0 Å². The summed E-state index contributed by atoms with van der Waals surface area (Å²) in [7, 11) is 0. The Morgan fingerprint density at radius 1 is 1.16 bits per heavy atom. The summed E-state index contributed by atoms with van der Waals surface area (Å²) in [5.74, 6) is 1.14. The number of benzene rings is 2. The zero-order valence-electron chi connectivity index (χ0n) is 18.0. The summed E-state index contributed by atoms with van der Waals surface area (Å²) in [5, 5.41) is 5.99. The molecule has 0 saturated carbocycles. The molecule has 1 unspecified atom stereocenters. The number of aromatic amines is 1. The molecule has 4 rings (SSSR count). The van der Waals surface area contributed by atoms with E-state index < -0.39 is 0 Å². The Hall–Kier alpha value is -3.35. The van der Waals surface area contributed by atoms with Crippen LogP contribution in [0.1, 0.15) is 49.7 Å². The second-order valence-corrected chi connectivity index (χ2v) is 8.43. The zero-order valence-corrected chi connectivity index (χ0v) is 18.0. The van der Waals surface area contributed by atoms with Crippen LogP contribution in [0.15, 0.2) is 48.5 Å². The minimum absolute atomic E-state index is 0.174. The molecule has 3 N–H and O–H groups in total. The van der Waals surface area contributed by atoms with Crippen molar-refractivity contribution < 1.29 is 9.59 Å². The largest absolute Gasteiger partial charge is 0.340 e. The van der Waals surface area contributed by atoms with Gasteiger partial charge in [-0.2, -0.15) is 0 Å². The number of carbonyl (C=O) groups excluding carboxylic acids is 2. The number of H-pyrrole nitrogens is 1. The van der Waals surface area contributed by atoms with Crippen molar-refractivity contribution in [3.8, 4) is 0 Å². The van der Waals surface area contributed by atoms with E-state index in [1.807, 2.05) is 53.4 Å². The second-order valence-electron chi connectivity index (χ2n) is 8.43. The van der Waals surface area contributed by atoms with E-state index in [1.54, 1.807) is 0 Å². The number of carbonyl (C=O) groups is 2. The fraction of sp³-hybridized carbons (Fsp3) is 0.375. The van der Waals surface area contributed by atoms with Crippen LogP contribution < -0.4 is 10.6 Å². The fourth-order valence-corrected chi connectivity index (χ4v) is 3.97. The molecule has 1 atom stereocenters. The van der Waals surface area contributed by atoms with Crippen molar-refractivity contribution in [3.63, 3.8) is 0 Å². The molecular formula is C24H29N5O2. The van der Waals surface area contributed by atoms with Crippen molar-refractivity contribution in [1.82, 2.24) is 25.5 Å². The lowest BCUT2D eigenvalue weighted by Gasteiger charge is -2.21. The third-order valence-corrected chi connectivity index (χ3v) is 5.64. The first-order chi connectivity index (χ1) is 15.0. The molecule has 31 heavy (non-hydrogen) atoms. The molecule has 0 spiro atoms. The third kappa shape index (κ3) is 5.05. The fourth-order valence-electron chi connectivity index (χ4n) is 3.97. The molecule has 0 aliphatic carbocycles. The Bertz CT molecular complexity index is 1040. The molecule has 1 aliphatic heterocycles.